The van der Waals surface area contributed by atoms with Crippen LogP contribution < -0.4 is 11.1 Å². The van der Waals surface area contributed by atoms with E-state index in [0.717, 1.165) is 11.3 Å². The number of rotatable bonds is 3. The van der Waals surface area contributed by atoms with Crippen LogP contribution >= 0.6 is 11.6 Å². The maximum absolute atomic E-state index is 6.09. The molecule has 5 nitrogen and oxygen atoms in total. The third kappa shape index (κ3) is 2.56. The number of nitrogen functional groups attached to an aromatic ring is 1. The number of hydrogen-bond donors (Lipinski definition) is 2. The van der Waals surface area contributed by atoms with Gasteiger partial charge < -0.3 is 11.1 Å². The van der Waals surface area contributed by atoms with Gasteiger partial charge in [-0.05, 0) is 38.5 Å². The molecule has 0 aliphatic rings. The molecule has 0 fully saturated rings. The molecule has 0 bridgehead atoms. The van der Waals surface area contributed by atoms with Crippen LogP contribution in [0.2, 0.25) is 5.02 Å². The second-order valence-corrected chi connectivity index (χ2v) is 4.85. The standard InChI is InChI=1S/C12H16ClN5/c1-7(2)15-12-16-11(14)18(17-12)9-5-4-8(3)10(13)6-9/h4-7H,1-3H3,(H3,14,15,16,17). The van der Waals surface area contributed by atoms with Gasteiger partial charge in [0, 0.05) is 11.1 Å². The van der Waals surface area contributed by atoms with Crippen LogP contribution in [0.15, 0.2) is 18.2 Å². The van der Waals surface area contributed by atoms with Crippen molar-refractivity contribution in [3.8, 4) is 5.69 Å². The van der Waals surface area contributed by atoms with E-state index >= 15 is 0 Å². The van der Waals surface area contributed by atoms with Crippen LogP contribution in [-0.2, 0) is 0 Å². The summed E-state index contributed by atoms with van der Waals surface area (Å²) in [5.74, 6) is 0.845. The van der Waals surface area contributed by atoms with Crippen molar-refractivity contribution in [1.29, 1.82) is 0 Å². The highest BCUT2D eigenvalue weighted by atomic mass is 35.5. The summed E-state index contributed by atoms with van der Waals surface area (Å²) in [6, 6.07) is 5.91. The van der Waals surface area contributed by atoms with Crippen LogP contribution in [0.1, 0.15) is 19.4 Å². The maximum atomic E-state index is 6.09. The topological polar surface area (TPSA) is 68.8 Å². The molecule has 0 spiro atoms. The Morgan fingerprint density at radius 1 is 1.39 bits per heavy atom. The average Bonchev–Trinajstić information content (AvgIpc) is 2.62. The first-order valence-corrected chi connectivity index (χ1v) is 6.11. The van der Waals surface area contributed by atoms with Crippen LogP contribution in [-0.4, -0.2) is 20.8 Å². The summed E-state index contributed by atoms with van der Waals surface area (Å²) in [5, 5.41) is 8.09. The summed E-state index contributed by atoms with van der Waals surface area (Å²) in [5.41, 5.74) is 7.66. The molecule has 2 rings (SSSR count). The van der Waals surface area contributed by atoms with Crippen molar-refractivity contribution in [3.05, 3.63) is 28.8 Å². The van der Waals surface area contributed by atoms with Gasteiger partial charge in [-0.3, -0.25) is 0 Å². The van der Waals surface area contributed by atoms with Crippen molar-refractivity contribution in [3.63, 3.8) is 0 Å². The van der Waals surface area contributed by atoms with Gasteiger partial charge in [-0.1, -0.05) is 17.7 Å². The molecular weight excluding hydrogens is 250 g/mol. The Morgan fingerprint density at radius 3 is 2.72 bits per heavy atom. The first-order valence-electron chi connectivity index (χ1n) is 5.73. The molecule has 1 aromatic heterocycles. The molecule has 2 aromatic rings. The van der Waals surface area contributed by atoms with E-state index in [-0.39, 0.29) is 6.04 Å². The molecule has 6 heteroatoms. The maximum Gasteiger partial charge on any atom is 0.244 e. The minimum absolute atomic E-state index is 0.252. The lowest BCUT2D eigenvalue weighted by atomic mass is 10.2. The Bertz CT molecular complexity index is 562. The highest BCUT2D eigenvalue weighted by Crippen LogP contribution is 2.21. The van der Waals surface area contributed by atoms with Gasteiger partial charge in [-0.2, -0.15) is 9.67 Å². The largest absolute Gasteiger partial charge is 0.368 e. The third-order valence-corrected chi connectivity index (χ3v) is 2.86. The van der Waals surface area contributed by atoms with Crippen LogP contribution in [0.3, 0.4) is 0 Å². The van der Waals surface area contributed by atoms with E-state index in [1.165, 1.54) is 0 Å². The minimum atomic E-state index is 0.252. The molecule has 0 aliphatic carbocycles. The summed E-state index contributed by atoms with van der Waals surface area (Å²) < 4.78 is 1.57. The molecule has 96 valence electrons. The number of nitrogens with one attached hydrogen (secondary N) is 1. The molecule has 0 atom stereocenters. The van der Waals surface area contributed by atoms with E-state index in [4.69, 9.17) is 17.3 Å². The number of nitrogens with zero attached hydrogens (tertiary/aromatic N) is 3. The van der Waals surface area contributed by atoms with Crippen LogP contribution in [0, 0.1) is 6.92 Å². The Labute approximate surface area is 111 Å². The summed E-state index contributed by atoms with van der Waals surface area (Å²) >= 11 is 6.09. The van der Waals surface area contributed by atoms with Crippen molar-refractivity contribution < 1.29 is 0 Å². The normalized spacial score (nSPS) is 10.9. The van der Waals surface area contributed by atoms with Gasteiger partial charge in [0.1, 0.15) is 0 Å². The smallest absolute Gasteiger partial charge is 0.244 e. The Hall–Kier alpha value is -1.75. The highest BCUT2D eigenvalue weighted by Gasteiger charge is 2.10. The zero-order chi connectivity index (χ0) is 13.3. The van der Waals surface area contributed by atoms with Gasteiger partial charge in [0.05, 0.1) is 5.69 Å². The fraction of sp³-hybridized carbons (Fsp3) is 0.333. The molecule has 1 heterocycles. The molecule has 0 saturated carbocycles. The van der Waals surface area contributed by atoms with Crippen molar-refractivity contribution in [2.24, 2.45) is 0 Å². The lowest BCUT2D eigenvalue weighted by Gasteiger charge is -2.05. The number of nitrogens with two attached hydrogens (primary N) is 1. The Balaban J connectivity index is 2.38. The average molecular weight is 266 g/mol. The fourth-order valence-electron chi connectivity index (χ4n) is 1.55. The number of aromatic nitrogens is 3. The number of benzene rings is 1. The molecule has 18 heavy (non-hydrogen) atoms. The van der Waals surface area contributed by atoms with E-state index in [1.54, 1.807) is 4.68 Å². The lowest BCUT2D eigenvalue weighted by molar-refractivity contribution is 0.848. The monoisotopic (exact) mass is 265 g/mol. The molecule has 3 N–H and O–H groups in total. The summed E-state index contributed by atoms with van der Waals surface area (Å²) in [6.07, 6.45) is 0. The van der Waals surface area contributed by atoms with Gasteiger partial charge in [0.25, 0.3) is 0 Å². The second-order valence-electron chi connectivity index (χ2n) is 4.44. The van der Waals surface area contributed by atoms with E-state index in [2.05, 4.69) is 15.4 Å². The molecule has 0 aliphatic heterocycles. The van der Waals surface area contributed by atoms with Crippen molar-refractivity contribution in [2.75, 3.05) is 11.1 Å². The van der Waals surface area contributed by atoms with Gasteiger partial charge in [-0.15, -0.1) is 5.10 Å². The fourth-order valence-corrected chi connectivity index (χ4v) is 1.72. The number of hydrogen-bond acceptors (Lipinski definition) is 4. The van der Waals surface area contributed by atoms with Crippen molar-refractivity contribution in [1.82, 2.24) is 14.8 Å². The minimum Gasteiger partial charge on any atom is -0.368 e. The Morgan fingerprint density at radius 2 is 2.11 bits per heavy atom. The van der Waals surface area contributed by atoms with Gasteiger partial charge in [0.2, 0.25) is 11.9 Å². The number of halogens is 1. The molecular formula is C12H16ClN5. The first-order chi connectivity index (χ1) is 8.47. The highest BCUT2D eigenvalue weighted by molar-refractivity contribution is 6.31. The zero-order valence-electron chi connectivity index (χ0n) is 10.6. The van der Waals surface area contributed by atoms with Gasteiger partial charge in [-0.25, -0.2) is 0 Å². The number of anilines is 2. The summed E-state index contributed by atoms with van der Waals surface area (Å²) in [7, 11) is 0. The Kier molecular flexibility index (Phi) is 3.43. The number of aryl methyl sites for hydroxylation is 1. The zero-order valence-corrected chi connectivity index (χ0v) is 11.4. The van der Waals surface area contributed by atoms with E-state index < -0.39 is 0 Å². The molecule has 0 saturated heterocycles. The predicted molar refractivity (Wildman–Crippen MR) is 74.3 cm³/mol. The molecule has 0 amide bonds. The van der Waals surface area contributed by atoms with E-state index in [9.17, 15) is 0 Å². The van der Waals surface area contributed by atoms with Crippen molar-refractivity contribution in [2.45, 2.75) is 26.8 Å². The van der Waals surface area contributed by atoms with Crippen LogP contribution in [0.25, 0.3) is 5.69 Å². The van der Waals surface area contributed by atoms with E-state index in [0.29, 0.717) is 16.9 Å². The molecule has 0 radical (unpaired) electrons. The summed E-state index contributed by atoms with van der Waals surface area (Å²) in [4.78, 5) is 4.15. The second kappa shape index (κ2) is 4.86. The van der Waals surface area contributed by atoms with Gasteiger partial charge >= 0.3 is 0 Å². The first kappa shape index (κ1) is 12.7. The quantitative estimate of drug-likeness (QED) is 0.895. The lowest BCUT2D eigenvalue weighted by Crippen LogP contribution is -2.11. The predicted octanol–water partition coefficient (Wildman–Crippen LogP) is 2.63. The van der Waals surface area contributed by atoms with Crippen LogP contribution in [0.4, 0.5) is 11.9 Å². The van der Waals surface area contributed by atoms with E-state index in [1.807, 2.05) is 39.0 Å². The van der Waals surface area contributed by atoms with Gasteiger partial charge in [0.15, 0.2) is 0 Å². The third-order valence-electron chi connectivity index (χ3n) is 2.45. The molecule has 1 aromatic carbocycles. The summed E-state index contributed by atoms with van der Waals surface area (Å²) in [6.45, 7) is 5.97. The SMILES string of the molecule is Cc1ccc(-n2nc(NC(C)C)nc2N)cc1Cl. The van der Waals surface area contributed by atoms with Crippen LogP contribution in [0.5, 0.6) is 0 Å². The van der Waals surface area contributed by atoms with Crippen molar-refractivity contribution >= 4 is 23.5 Å². The molecule has 0 unspecified atom stereocenters.